The summed E-state index contributed by atoms with van der Waals surface area (Å²) in [5.41, 5.74) is 14.5. The second-order valence-corrected chi connectivity index (χ2v) is 12.3. The molecule has 0 aliphatic carbocycles. The van der Waals surface area contributed by atoms with Gasteiger partial charge in [0.25, 0.3) is 0 Å². The highest BCUT2D eigenvalue weighted by atomic mass is 31.2. The van der Waals surface area contributed by atoms with E-state index in [9.17, 15) is 4.57 Å². The van der Waals surface area contributed by atoms with Crippen LogP contribution in [-0.4, -0.2) is 0 Å². The van der Waals surface area contributed by atoms with E-state index in [1.54, 1.807) is 0 Å². The maximum atomic E-state index is 14.7. The lowest BCUT2D eigenvalue weighted by molar-refractivity contribution is -0.000747. The smallest absolute Gasteiger partial charge is 0.223 e. The van der Waals surface area contributed by atoms with E-state index in [0.717, 1.165) is 33.4 Å². The van der Waals surface area contributed by atoms with Crippen LogP contribution >= 0.6 is 7.82 Å². The van der Waals surface area contributed by atoms with Crippen molar-refractivity contribution in [3.05, 3.63) is 215 Å². The molecule has 0 saturated heterocycles. The minimum Gasteiger partial charge on any atom is -0.223 e. The molecule has 0 amide bonds. The largest absolute Gasteiger partial charge is 0.524 e. The fourth-order valence-corrected chi connectivity index (χ4v) is 6.08. The number of benzene rings is 6. The second kappa shape index (κ2) is 16.2. The van der Waals surface area contributed by atoms with Gasteiger partial charge in [-0.1, -0.05) is 182 Å². The number of hydrogen-bond donors (Lipinski definition) is 3. The highest BCUT2D eigenvalue weighted by molar-refractivity contribution is 7.48. The van der Waals surface area contributed by atoms with Gasteiger partial charge in [0.05, 0.1) is 18.1 Å². The minimum atomic E-state index is -4.44. The van der Waals surface area contributed by atoms with Crippen molar-refractivity contribution in [2.24, 2.45) is 0 Å². The van der Waals surface area contributed by atoms with Crippen LogP contribution in [0.3, 0.4) is 0 Å². The van der Waals surface area contributed by atoms with Gasteiger partial charge < -0.3 is 0 Å². The standard InChI is InChI=1S/C39H36N3O4P/c43-47(44-40-37(31-19-7-1-8-20-31)32-21-9-2-10-22-32,45-41-38(33-23-11-3-12-24-33)34-25-13-4-14-26-34)46-42-39(35-27-15-5-16-28-35)36-29-17-6-18-30-36/h1-30,37-42H. The Morgan fingerprint density at radius 1 is 0.319 bits per heavy atom. The molecule has 0 saturated carbocycles. The normalized spacial score (nSPS) is 11.7. The fraction of sp³-hybridized carbons (Fsp3) is 0.0769. The molecule has 6 aromatic carbocycles. The molecule has 0 unspecified atom stereocenters. The molecule has 0 spiro atoms. The van der Waals surface area contributed by atoms with E-state index >= 15 is 0 Å². The summed E-state index contributed by atoms with van der Waals surface area (Å²) < 4.78 is 32.6. The molecule has 0 aliphatic rings. The topological polar surface area (TPSA) is 80.9 Å². The Morgan fingerprint density at radius 3 is 0.660 bits per heavy atom. The van der Waals surface area contributed by atoms with Gasteiger partial charge in [-0.25, -0.2) is 4.57 Å². The Morgan fingerprint density at radius 2 is 0.489 bits per heavy atom. The molecule has 6 aromatic rings. The molecular weight excluding hydrogens is 605 g/mol. The number of rotatable bonds is 15. The van der Waals surface area contributed by atoms with Crippen LogP contribution in [0.1, 0.15) is 51.5 Å². The van der Waals surface area contributed by atoms with Crippen molar-refractivity contribution in [3.63, 3.8) is 0 Å². The molecule has 47 heavy (non-hydrogen) atoms. The number of hydrogen-bond acceptors (Lipinski definition) is 7. The number of nitrogens with one attached hydrogen (secondary N) is 3. The van der Waals surface area contributed by atoms with Crippen LogP contribution < -0.4 is 16.4 Å². The summed E-state index contributed by atoms with van der Waals surface area (Å²) in [6, 6.07) is 57.2. The van der Waals surface area contributed by atoms with Gasteiger partial charge in [0.2, 0.25) is 0 Å². The molecule has 236 valence electrons. The summed E-state index contributed by atoms with van der Waals surface area (Å²) in [6.45, 7) is 0. The van der Waals surface area contributed by atoms with Crippen molar-refractivity contribution in [1.29, 1.82) is 0 Å². The first kappa shape index (κ1) is 32.3. The quantitative estimate of drug-likeness (QED) is 0.0763. The van der Waals surface area contributed by atoms with Crippen molar-refractivity contribution in [2.75, 3.05) is 0 Å². The summed E-state index contributed by atoms with van der Waals surface area (Å²) in [7, 11) is -4.44. The number of phosphoric acid groups is 1. The zero-order chi connectivity index (χ0) is 32.2. The summed E-state index contributed by atoms with van der Waals surface area (Å²) in [5, 5.41) is 0. The summed E-state index contributed by atoms with van der Waals surface area (Å²) >= 11 is 0. The van der Waals surface area contributed by atoms with Crippen LogP contribution in [0.5, 0.6) is 0 Å². The summed E-state index contributed by atoms with van der Waals surface area (Å²) in [5.74, 6) is 0. The van der Waals surface area contributed by atoms with Crippen LogP contribution in [0.2, 0.25) is 0 Å². The van der Waals surface area contributed by atoms with Gasteiger partial charge in [-0.15, -0.1) is 0 Å². The highest BCUT2D eigenvalue weighted by Gasteiger charge is 2.34. The molecule has 0 radical (unpaired) electrons. The summed E-state index contributed by atoms with van der Waals surface area (Å²) in [4.78, 5) is 0. The Balaban J connectivity index is 1.31. The van der Waals surface area contributed by atoms with E-state index in [1.807, 2.05) is 182 Å². The zero-order valence-corrected chi connectivity index (χ0v) is 26.5. The Labute approximate surface area is 275 Å². The first-order chi connectivity index (χ1) is 23.2. The van der Waals surface area contributed by atoms with Gasteiger partial charge in [0.1, 0.15) is 0 Å². The molecule has 0 fully saturated rings. The van der Waals surface area contributed by atoms with Gasteiger partial charge in [0, 0.05) is 0 Å². The van der Waals surface area contributed by atoms with E-state index in [1.165, 1.54) is 0 Å². The molecule has 6 rings (SSSR count). The van der Waals surface area contributed by atoms with E-state index in [2.05, 4.69) is 16.4 Å². The van der Waals surface area contributed by atoms with E-state index < -0.39 is 25.9 Å². The molecule has 8 heteroatoms. The predicted molar refractivity (Wildman–Crippen MR) is 184 cm³/mol. The molecule has 0 aromatic heterocycles. The average Bonchev–Trinajstić information content (AvgIpc) is 3.15. The lowest BCUT2D eigenvalue weighted by Gasteiger charge is -2.27. The van der Waals surface area contributed by atoms with Gasteiger partial charge >= 0.3 is 7.82 Å². The monoisotopic (exact) mass is 641 g/mol. The van der Waals surface area contributed by atoms with Gasteiger partial charge in [-0.3, -0.25) is 0 Å². The molecule has 3 N–H and O–H groups in total. The maximum Gasteiger partial charge on any atom is 0.524 e. The third-order valence-corrected chi connectivity index (χ3v) is 8.63. The van der Waals surface area contributed by atoms with E-state index in [-0.39, 0.29) is 0 Å². The van der Waals surface area contributed by atoms with Crippen molar-refractivity contribution in [3.8, 4) is 0 Å². The van der Waals surface area contributed by atoms with Crippen LogP contribution in [0.25, 0.3) is 0 Å². The zero-order valence-electron chi connectivity index (χ0n) is 25.6. The molecule has 0 aliphatic heterocycles. The highest BCUT2D eigenvalue weighted by Crippen LogP contribution is 2.49. The first-order valence-electron chi connectivity index (χ1n) is 15.4. The fourth-order valence-electron chi connectivity index (χ4n) is 5.27. The van der Waals surface area contributed by atoms with Crippen molar-refractivity contribution in [2.45, 2.75) is 18.1 Å². The Bertz CT molecular complexity index is 1480. The lowest BCUT2D eigenvalue weighted by Crippen LogP contribution is -2.30. The molecule has 0 heterocycles. The molecule has 7 nitrogen and oxygen atoms in total. The predicted octanol–water partition coefficient (Wildman–Crippen LogP) is 9.03. The third-order valence-electron chi connectivity index (χ3n) is 7.64. The SMILES string of the molecule is O=P(ONC(c1ccccc1)c1ccccc1)(ONC(c1ccccc1)c1ccccc1)ONC(c1ccccc1)c1ccccc1. The van der Waals surface area contributed by atoms with Crippen molar-refractivity contribution < 1.29 is 18.4 Å². The maximum absolute atomic E-state index is 14.7. The Hall–Kier alpha value is -4.69. The first-order valence-corrected chi connectivity index (χ1v) is 16.9. The molecule has 0 bridgehead atoms. The molecular formula is C39H36N3O4P. The lowest BCUT2D eigenvalue weighted by atomic mass is 10.00. The second-order valence-electron chi connectivity index (χ2n) is 10.8. The van der Waals surface area contributed by atoms with Crippen LogP contribution in [0.15, 0.2) is 182 Å². The summed E-state index contributed by atoms with van der Waals surface area (Å²) in [6.07, 6.45) is 0. The third kappa shape index (κ3) is 8.77. The van der Waals surface area contributed by atoms with E-state index in [0.29, 0.717) is 0 Å². The van der Waals surface area contributed by atoms with Gasteiger partial charge in [-0.2, -0.15) is 30.3 Å². The van der Waals surface area contributed by atoms with Gasteiger partial charge in [0.15, 0.2) is 0 Å². The van der Waals surface area contributed by atoms with Crippen LogP contribution in [-0.2, 0) is 18.4 Å². The Kier molecular flexibility index (Phi) is 11.1. The van der Waals surface area contributed by atoms with Crippen molar-refractivity contribution >= 4 is 7.82 Å². The van der Waals surface area contributed by atoms with Crippen LogP contribution in [0.4, 0.5) is 0 Å². The van der Waals surface area contributed by atoms with Crippen LogP contribution in [0, 0.1) is 0 Å². The van der Waals surface area contributed by atoms with E-state index in [4.69, 9.17) is 13.9 Å². The number of hydroxylamine groups is 3. The van der Waals surface area contributed by atoms with Gasteiger partial charge in [-0.05, 0) is 33.4 Å². The average molecular weight is 642 g/mol. The molecule has 0 atom stereocenters. The minimum absolute atomic E-state index is 0.476. The van der Waals surface area contributed by atoms with Crippen molar-refractivity contribution in [1.82, 2.24) is 16.4 Å².